The molecule has 1 aromatic carbocycles. The van der Waals surface area contributed by atoms with Crippen molar-refractivity contribution in [2.45, 2.75) is 30.2 Å². The number of sulfone groups is 1. The topological polar surface area (TPSA) is 66.9 Å². The first-order valence-corrected chi connectivity index (χ1v) is 9.86. The van der Waals surface area contributed by atoms with Crippen LogP contribution in [0.15, 0.2) is 41.8 Å². The predicted molar refractivity (Wildman–Crippen MR) is 96.9 cm³/mol. The maximum Gasteiger partial charge on any atom is 0.303 e. The Balaban J connectivity index is 2.20. The van der Waals surface area contributed by atoms with E-state index in [-0.39, 0.29) is 10.9 Å². The maximum atomic E-state index is 13.0. The summed E-state index contributed by atoms with van der Waals surface area (Å²) in [7, 11) is -1.53. The Kier molecular flexibility index (Phi) is 6.37. The maximum absolute atomic E-state index is 13.0. The first-order valence-electron chi connectivity index (χ1n) is 8.32. The van der Waals surface area contributed by atoms with Crippen LogP contribution in [0.1, 0.15) is 25.5 Å². The summed E-state index contributed by atoms with van der Waals surface area (Å²) in [5.74, 6) is -0.369. The molecule has 0 amide bonds. The Labute approximate surface area is 150 Å². The number of rotatable bonds is 6. The van der Waals surface area contributed by atoms with Gasteiger partial charge in [0, 0.05) is 33.1 Å². The summed E-state index contributed by atoms with van der Waals surface area (Å²) >= 11 is 0. The number of carbonyl (C=O) groups is 1. The van der Waals surface area contributed by atoms with E-state index in [1.807, 2.05) is 11.9 Å². The molecule has 1 aliphatic heterocycles. The van der Waals surface area contributed by atoms with Crippen LogP contribution in [0, 0.1) is 0 Å². The first-order chi connectivity index (χ1) is 11.8. The van der Waals surface area contributed by atoms with Gasteiger partial charge in [-0.2, -0.15) is 0 Å². The van der Waals surface area contributed by atoms with Crippen LogP contribution in [0.4, 0.5) is 0 Å². The van der Waals surface area contributed by atoms with Crippen LogP contribution < -0.4 is 0 Å². The lowest BCUT2D eigenvalue weighted by Gasteiger charge is -2.36. The number of nitrogens with zero attached hydrogens (tertiary/aromatic N) is 2. The molecule has 0 N–H and O–H groups in total. The molecule has 2 unspecified atom stereocenters. The molecule has 138 valence electrons. The van der Waals surface area contributed by atoms with Crippen molar-refractivity contribution >= 4 is 15.8 Å². The molecule has 1 heterocycles. The van der Waals surface area contributed by atoms with Crippen LogP contribution in [-0.4, -0.2) is 62.8 Å². The van der Waals surface area contributed by atoms with Gasteiger partial charge >= 0.3 is 5.97 Å². The van der Waals surface area contributed by atoms with E-state index >= 15 is 0 Å². The van der Waals surface area contributed by atoms with Gasteiger partial charge < -0.3 is 9.64 Å². The van der Waals surface area contributed by atoms with Gasteiger partial charge in [0.05, 0.1) is 4.90 Å². The molecule has 0 radical (unpaired) electrons. The van der Waals surface area contributed by atoms with Gasteiger partial charge in [-0.15, -0.1) is 6.58 Å². The number of benzene rings is 1. The lowest BCUT2D eigenvalue weighted by Crippen LogP contribution is -2.50. The Morgan fingerprint density at radius 2 is 1.76 bits per heavy atom. The Morgan fingerprint density at radius 3 is 2.24 bits per heavy atom. The standard InChI is InChI=1S/C18H26N2O4S/c1-5-18(20-12-10-19(4)11-13-20)25(22,23)17-8-6-16(7-9-17)14(2)24-15(3)21/h5-9,14,18H,1,10-13H2,2-4H3. The fourth-order valence-electron chi connectivity index (χ4n) is 2.93. The normalized spacial score (nSPS) is 19.2. The van der Waals surface area contributed by atoms with E-state index in [0.717, 1.165) is 18.7 Å². The zero-order valence-corrected chi connectivity index (χ0v) is 15.8. The van der Waals surface area contributed by atoms with Crippen LogP contribution in [0.3, 0.4) is 0 Å². The van der Waals surface area contributed by atoms with Crippen LogP contribution in [-0.2, 0) is 19.4 Å². The van der Waals surface area contributed by atoms with Gasteiger partial charge in [0.2, 0.25) is 0 Å². The van der Waals surface area contributed by atoms with Gasteiger partial charge in [-0.3, -0.25) is 9.69 Å². The Hall–Kier alpha value is -1.70. The number of hydrogen-bond donors (Lipinski definition) is 0. The fraction of sp³-hybridized carbons (Fsp3) is 0.500. The molecule has 0 spiro atoms. The molecule has 1 fully saturated rings. The fourth-order valence-corrected chi connectivity index (χ4v) is 4.58. The molecule has 2 atom stereocenters. The molecule has 0 aromatic heterocycles. The molecule has 1 aliphatic rings. The number of piperazine rings is 1. The highest BCUT2D eigenvalue weighted by molar-refractivity contribution is 7.92. The van der Waals surface area contributed by atoms with Crippen LogP contribution in [0.2, 0.25) is 0 Å². The van der Waals surface area contributed by atoms with Gasteiger partial charge in [-0.1, -0.05) is 18.2 Å². The molecular weight excluding hydrogens is 340 g/mol. The third-order valence-corrected chi connectivity index (χ3v) is 6.49. The number of ether oxygens (including phenoxy) is 1. The summed E-state index contributed by atoms with van der Waals surface area (Å²) in [5.41, 5.74) is 0.754. The van der Waals surface area contributed by atoms with Gasteiger partial charge in [-0.25, -0.2) is 8.42 Å². The second-order valence-electron chi connectivity index (χ2n) is 6.33. The molecule has 2 rings (SSSR count). The van der Waals surface area contributed by atoms with E-state index in [1.54, 1.807) is 31.2 Å². The monoisotopic (exact) mass is 366 g/mol. The van der Waals surface area contributed by atoms with E-state index in [2.05, 4.69) is 11.5 Å². The summed E-state index contributed by atoms with van der Waals surface area (Å²) in [5, 5.41) is -0.738. The minimum absolute atomic E-state index is 0.245. The number of hydrogen-bond acceptors (Lipinski definition) is 6. The molecule has 7 heteroatoms. The molecule has 0 aliphatic carbocycles. The van der Waals surface area contributed by atoms with Crippen molar-refractivity contribution in [3.05, 3.63) is 42.5 Å². The molecule has 0 bridgehead atoms. The largest absolute Gasteiger partial charge is 0.458 e. The highest BCUT2D eigenvalue weighted by Crippen LogP contribution is 2.24. The molecule has 25 heavy (non-hydrogen) atoms. The summed E-state index contributed by atoms with van der Waals surface area (Å²) in [6, 6.07) is 6.50. The predicted octanol–water partition coefficient (Wildman–Crippen LogP) is 1.84. The highest BCUT2D eigenvalue weighted by atomic mass is 32.2. The lowest BCUT2D eigenvalue weighted by atomic mass is 10.1. The van der Waals surface area contributed by atoms with Gasteiger partial charge in [0.1, 0.15) is 11.5 Å². The quantitative estimate of drug-likeness (QED) is 0.565. The van der Waals surface area contributed by atoms with Gasteiger partial charge in [0.25, 0.3) is 0 Å². The molecule has 0 saturated carbocycles. The second kappa shape index (κ2) is 8.12. The van der Waals surface area contributed by atoms with E-state index in [4.69, 9.17) is 4.74 Å². The average molecular weight is 366 g/mol. The minimum atomic E-state index is -3.55. The van der Waals surface area contributed by atoms with Crippen molar-refractivity contribution in [1.29, 1.82) is 0 Å². The van der Waals surface area contributed by atoms with Gasteiger partial charge in [-0.05, 0) is 31.7 Å². The summed E-state index contributed by atoms with van der Waals surface area (Å²) in [4.78, 5) is 15.4. The summed E-state index contributed by atoms with van der Waals surface area (Å²) < 4.78 is 31.1. The van der Waals surface area contributed by atoms with Crippen molar-refractivity contribution < 1.29 is 17.9 Å². The molecule has 1 aromatic rings. The molecule has 1 saturated heterocycles. The van der Waals surface area contributed by atoms with Crippen LogP contribution >= 0.6 is 0 Å². The summed E-state index contributed by atoms with van der Waals surface area (Å²) in [6.45, 7) is 9.87. The van der Waals surface area contributed by atoms with E-state index in [1.165, 1.54) is 13.0 Å². The lowest BCUT2D eigenvalue weighted by molar-refractivity contribution is -0.145. The first kappa shape index (κ1) is 19.6. The van der Waals surface area contributed by atoms with Crippen molar-refractivity contribution in [3.63, 3.8) is 0 Å². The van der Waals surface area contributed by atoms with E-state index in [0.29, 0.717) is 13.1 Å². The van der Waals surface area contributed by atoms with Crippen molar-refractivity contribution in [2.75, 3.05) is 33.2 Å². The summed E-state index contributed by atoms with van der Waals surface area (Å²) in [6.07, 6.45) is 1.08. The SMILES string of the molecule is C=CC(N1CCN(C)CC1)S(=O)(=O)c1ccc(C(C)OC(C)=O)cc1. The second-order valence-corrected chi connectivity index (χ2v) is 8.38. The van der Waals surface area contributed by atoms with Crippen molar-refractivity contribution in [2.24, 2.45) is 0 Å². The van der Waals surface area contributed by atoms with Crippen molar-refractivity contribution in [1.82, 2.24) is 9.80 Å². The number of likely N-dealkylation sites (N-methyl/N-ethyl adjacent to an activating group) is 1. The zero-order chi connectivity index (χ0) is 18.6. The minimum Gasteiger partial charge on any atom is -0.458 e. The molecular formula is C18H26N2O4S. The Bertz CT molecular complexity index is 707. The molecule has 6 nitrogen and oxygen atoms in total. The van der Waals surface area contributed by atoms with Gasteiger partial charge in [0.15, 0.2) is 9.84 Å². The van der Waals surface area contributed by atoms with E-state index < -0.39 is 21.3 Å². The third kappa shape index (κ3) is 4.68. The highest BCUT2D eigenvalue weighted by Gasteiger charge is 2.32. The average Bonchev–Trinajstić information content (AvgIpc) is 2.56. The van der Waals surface area contributed by atoms with Crippen LogP contribution in [0.5, 0.6) is 0 Å². The smallest absolute Gasteiger partial charge is 0.303 e. The van der Waals surface area contributed by atoms with Crippen LogP contribution in [0.25, 0.3) is 0 Å². The number of esters is 1. The van der Waals surface area contributed by atoms with E-state index in [9.17, 15) is 13.2 Å². The number of carbonyl (C=O) groups excluding carboxylic acids is 1. The zero-order valence-electron chi connectivity index (χ0n) is 15.0. The Morgan fingerprint density at radius 1 is 1.20 bits per heavy atom. The third-order valence-electron chi connectivity index (χ3n) is 4.44. The van der Waals surface area contributed by atoms with Crippen molar-refractivity contribution in [3.8, 4) is 0 Å².